The molecule has 15 heavy (non-hydrogen) atoms. The molecule has 0 aliphatic heterocycles. The third-order valence-electron chi connectivity index (χ3n) is 2.11. The van der Waals surface area contributed by atoms with Crippen molar-refractivity contribution >= 4 is 11.6 Å². The van der Waals surface area contributed by atoms with Gasteiger partial charge in [0, 0.05) is 12.1 Å². The Hall–Kier alpha value is -0.640. The SMILES string of the molecule is COCC(O)CCc1cc(F)ccc1Cl. The van der Waals surface area contributed by atoms with E-state index in [2.05, 4.69) is 0 Å². The quantitative estimate of drug-likeness (QED) is 0.845. The third-order valence-corrected chi connectivity index (χ3v) is 2.48. The summed E-state index contributed by atoms with van der Waals surface area (Å²) in [7, 11) is 1.53. The normalized spacial score (nSPS) is 12.8. The summed E-state index contributed by atoms with van der Waals surface area (Å²) in [5.74, 6) is -0.310. The molecular formula is C11H14ClFO2. The van der Waals surface area contributed by atoms with E-state index < -0.39 is 6.10 Å². The number of hydrogen-bond donors (Lipinski definition) is 1. The standard InChI is InChI=1S/C11H14ClFO2/c1-15-7-10(14)4-2-8-6-9(13)3-5-11(8)12/h3,5-6,10,14H,2,4,7H2,1H3. The minimum absolute atomic E-state index is 0.285. The second-order valence-corrected chi connectivity index (χ2v) is 3.79. The van der Waals surface area contributed by atoms with E-state index in [1.807, 2.05) is 0 Å². The molecule has 0 spiro atoms. The molecule has 0 aliphatic rings. The van der Waals surface area contributed by atoms with E-state index >= 15 is 0 Å². The van der Waals surface area contributed by atoms with Gasteiger partial charge < -0.3 is 9.84 Å². The van der Waals surface area contributed by atoms with Gasteiger partial charge in [-0.15, -0.1) is 0 Å². The Kier molecular flexibility index (Phi) is 5.02. The van der Waals surface area contributed by atoms with Crippen LogP contribution in [0.5, 0.6) is 0 Å². The van der Waals surface area contributed by atoms with Crippen molar-refractivity contribution in [2.24, 2.45) is 0 Å². The highest BCUT2D eigenvalue weighted by Crippen LogP contribution is 2.19. The monoisotopic (exact) mass is 232 g/mol. The van der Waals surface area contributed by atoms with Gasteiger partial charge in [-0.2, -0.15) is 0 Å². The number of methoxy groups -OCH3 is 1. The van der Waals surface area contributed by atoms with Crippen LogP contribution in [-0.2, 0) is 11.2 Å². The molecule has 0 radical (unpaired) electrons. The first kappa shape index (κ1) is 12.4. The number of halogens is 2. The summed E-state index contributed by atoms with van der Waals surface area (Å²) in [5.41, 5.74) is 0.715. The molecule has 0 saturated carbocycles. The predicted octanol–water partition coefficient (Wildman–Crippen LogP) is 2.42. The number of hydrogen-bond acceptors (Lipinski definition) is 2. The molecule has 0 bridgehead atoms. The molecule has 1 aromatic carbocycles. The fraction of sp³-hybridized carbons (Fsp3) is 0.455. The number of aryl methyl sites for hydroxylation is 1. The van der Waals surface area contributed by atoms with Crippen molar-refractivity contribution in [1.82, 2.24) is 0 Å². The highest BCUT2D eigenvalue weighted by Gasteiger charge is 2.07. The number of aliphatic hydroxyl groups excluding tert-OH is 1. The summed E-state index contributed by atoms with van der Waals surface area (Å²) >= 11 is 5.88. The van der Waals surface area contributed by atoms with Crippen molar-refractivity contribution in [3.8, 4) is 0 Å². The maximum absolute atomic E-state index is 12.9. The Morgan fingerprint density at radius 2 is 2.27 bits per heavy atom. The van der Waals surface area contributed by atoms with Gasteiger partial charge in [-0.1, -0.05) is 11.6 Å². The van der Waals surface area contributed by atoms with E-state index in [4.69, 9.17) is 16.3 Å². The summed E-state index contributed by atoms with van der Waals surface area (Å²) in [6, 6.07) is 4.23. The van der Waals surface area contributed by atoms with E-state index in [-0.39, 0.29) is 12.4 Å². The molecule has 1 atom stereocenters. The summed E-state index contributed by atoms with van der Waals surface area (Å²) in [6.45, 7) is 0.285. The van der Waals surface area contributed by atoms with Crippen LogP contribution in [0.4, 0.5) is 4.39 Å². The molecule has 0 aromatic heterocycles. The Morgan fingerprint density at radius 3 is 2.93 bits per heavy atom. The van der Waals surface area contributed by atoms with Crippen LogP contribution in [0.25, 0.3) is 0 Å². The molecular weight excluding hydrogens is 219 g/mol. The van der Waals surface area contributed by atoms with E-state index in [0.29, 0.717) is 23.4 Å². The molecule has 0 saturated heterocycles. The zero-order valence-corrected chi connectivity index (χ0v) is 9.30. The highest BCUT2D eigenvalue weighted by atomic mass is 35.5. The van der Waals surface area contributed by atoms with Gasteiger partial charge in [0.15, 0.2) is 0 Å². The summed E-state index contributed by atoms with van der Waals surface area (Å²) in [4.78, 5) is 0. The lowest BCUT2D eigenvalue weighted by atomic mass is 10.1. The molecule has 0 aliphatic carbocycles. The lowest BCUT2D eigenvalue weighted by Gasteiger charge is -2.09. The minimum atomic E-state index is -0.533. The van der Waals surface area contributed by atoms with Gasteiger partial charge in [0.05, 0.1) is 12.7 Å². The topological polar surface area (TPSA) is 29.5 Å². The Balaban J connectivity index is 2.53. The van der Waals surface area contributed by atoms with Crippen LogP contribution >= 0.6 is 11.6 Å². The van der Waals surface area contributed by atoms with Crippen LogP contribution in [0.3, 0.4) is 0 Å². The van der Waals surface area contributed by atoms with Crippen LogP contribution in [0.15, 0.2) is 18.2 Å². The van der Waals surface area contributed by atoms with Crippen LogP contribution in [0.1, 0.15) is 12.0 Å². The second-order valence-electron chi connectivity index (χ2n) is 3.38. The number of ether oxygens (including phenoxy) is 1. The van der Waals surface area contributed by atoms with Gasteiger partial charge in [0.1, 0.15) is 5.82 Å². The van der Waals surface area contributed by atoms with Crippen molar-refractivity contribution < 1.29 is 14.2 Å². The molecule has 84 valence electrons. The number of aliphatic hydroxyl groups is 1. The second kappa shape index (κ2) is 6.05. The maximum atomic E-state index is 12.9. The average molecular weight is 233 g/mol. The van der Waals surface area contributed by atoms with Gasteiger partial charge in [-0.25, -0.2) is 4.39 Å². The first-order valence-electron chi connectivity index (χ1n) is 4.74. The van der Waals surface area contributed by atoms with Gasteiger partial charge in [0.25, 0.3) is 0 Å². The molecule has 1 aromatic rings. The summed E-state index contributed by atoms with van der Waals surface area (Å²) in [6.07, 6.45) is 0.521. The third kappa shape index (κ3) is 4.16. The minimum Gasteiger partial charge on any atom is -0.391 e. The van der Waals surface area contributed by atoms with E-state index in [1.165, 1.54) is 25.3 Å². The van der Waals surface area contributed by atoms with Crippen molar-refractivity contribution in [2.75, 3.05) is 13.7 Å². The van der Waals surface area contributed by atoms with Crippen LogP contribution in [0, 0.1) is 5.82 Å². The predicted molar refractivity (Wildman–Crippen MR) is 57.6 cm³/mol. The zero-order valence-electron chi connectivity index (χ0n) is 8.54. The van der Waals surface area contributed by atoms with Crippen molar-refractivity contribution in [1.29, 1.82) is 0 Å². The van der Waals surface area contributed by atoms with Crippen molar-refractivity contribution in [2.45, 2.75) is 18.9 Å². The largest absolute Gasteiger partial charge is 0.391 e. The van der Waals surface area contributed by atoms with Crippen molar-refractivity contribution in [3.05, 3.63) is 34.6 Å². The first-order valence-corrected chi connectivity index (χ1v) is 5.12. The van der Waals surface area contributed by atoms with Gasteiger partial charge >= 0.3 is 0 Å². The van der Waals surface area contributed by atoms with E-state index in [1.54, 1.807) is 0 Å². The molecule has 1 N–H and O–H groups in total. The van der Waals surface area contributed by atoms with Gasteiger partial charge in [-0.3, -0.25) is 0 Å². The van der Waals surface area contributed by atoms with Gasteiger partial charge in [-0.05, 0) is 36.6 Å². The van der Waals surface area contributed by atoms with Crippen LogP contribution in [0.2, 0.25) is 5.02 Å². The maximum Gasteiger partial charge on any atom is 0.123 e. The molecule has 1 rings (SSSR count). The molecule has 1 unspecified atom stereocenters. The Labute approximate surface area is 93.6 Å². The van der Waals surface area contributed by atoms with E-state index in [0.717, 1.165) is 0 Å². The number of benzene rings is 1. The smallest absolute Gasteiger partial charge is 0.123 e. The zero-order chi connectivity index (χ0) is 11.3. The van der Waals surface area contributed by atoms with E-state index in [9.17, 15) is 9.50 Å². The molecule has 0 fully saturated rings. The molecule has 0 heterocycles. The molecule has 2 nitrogen and oxygen atoms in total. The fourth-order valence-electron chi connectivity index (χ4n) is 1.33. The lowest BCUT2D eigenvalue weighted by molar-refractivity contribution is 0.0595. The molecule has 4 heteroatoms. The Bertz CT molecular complexity index is 317. The Morgan fingerprint density at radius 1 is 1.53 bits per heavy atom. The first-order chi connectivity index (χ1) is 7.13. The summed E-state index contributed by atoms with van der Waals surface area (Å²) in [5, 5.41) is 9.94. The highest BCUT2D eigenvalue weighted by molar-refractivity contribution is 6.31. The fourth-order valence-corrected chi connectivity index (χ4v) is 1.54. The number of rotatable bonds is 5. The summed E-state index contributed by atoms with van der Waals surface area (Å²) < 4.78 is 17.7. The van der Waals surface area contributed by atoms with Gasteiger partial charge in [0.2, 0.25) is 0 Å². The van der Waals surface area contributed by atoms with Crippen LogP contribution in [-0.4, -0.2) is 24.9 Å². The van der Waals surface area contributed by atoms with Crippen LogP contribution < -0.4 is 0 Å². The lowest BCUT2D eigenvalue weighted by Crippen LogP contribution is -2.14. The van der Waals surface area contributed by atoms with Crippen molar-refractivity contribution in [3.63, 3.8) is 0 Å². The average Bonchev–Trinajstić information content (AvgIpc) is 2.20. The molecule has 0 amide bonds.